The minimum absolute atomic E-state index is 0.229. The zero-order valence-electron chi connectivity index (χ0n) is 13.6. The lowest BCUT2D eigenvalue weighted by atomic mass is 10.2. The van der Waals surface area contributed by atoms with Gasteiger partial charge in [0.05, 0.1) is 0 Å². The molecule has 2 heterocycles. The van der Waals surface area contributed by atoms with Crippen molar-refractivity contribution < 1.29 is 9.59 Å². The molecule has 1 saturated heterocycles. The number of rotatable bonds is 4. The molecule has 0 aliphatic carbocycles. The fraction of sp³-hybridized carbons (Fsp3) is 0.278. The first-order chi connectivity index (χ1) is 11.7. The van der Waals surface area contributed by atoms with Gasteiger partial charge in [-0.15, -0.1) is 0 Å². The maximum Gasteiger partial charge on any atom is 0.274 e. The highest BCUT2D eigenvalue weighted by molar-refractivity contribution is 6.03. The van der Waals surface area contributed by atoms with Crippen molar-refractivity contribution in [3.8, 4) is 0 Å². The normalized spacial score (nSPS) is 14.4. The lowest BCUT2D eigenvalue weighted by Crippen LogP contribution is -2.45. The molecule has 2 aromatic rings. The topological polar surface area (TPSA) is 65.5 Å². The van der Waals surface area contributed by atoms with Gasteiger partial charge in [0, 0.05) is 43.8 Å². The van der Waals surface area contributed by atoms with Crippen LogP contribution in [-0.2, 0) is 4.79 Å². The van der Waals surface area contributed by atoms with Crippen molar-refractivity contribution >= 4 is 23.7 Å². The molecule has 2 amide bonds. The molecule has 0 bridgehead atoms. The molecule has 1 aromatic heterocycles. The van der Waals surface area contributed by atoms with Crippen molar-refractivity contribution in [1.29, 1.82) is 0 Å². The average Bonchev–Trinajstić information content (AvgIpc) is 2.64. The number of aromatic nitrogens is 1. The Morgan fingerprint density at radius 2 is 1.83 bits per heavy atom. The summed E-state index contributed by atoms with van der Waals surface area (Å²) in [7, 11) is 0. The number of anilines is 2. The number of nitrogens with one attached hydrogen (secondary N) is 1. The average molecular weight is 324 g/mol. The summed E-state index contributed by atoms with van der Waals surface area (Å²) in [4.78, 5) is 31.3. The summed E-state index contributed by atoms with van der Waals surface area (Å²) >= 11 is 0. The fourth-order valence-corrected chi connectivity index (χ4v) is 2.66. The van der Waals surface area contributed by atoms with Crippen LogP contribution >= 0.6 is 0 Å². The number of benzene rings is 1. The van der Waals surface area contributed by atoms with Gasteiger partial charge in [-0.25, -0.2) is 0 Å². The van der Waals surface area contributed by atoms with Gasteiger partial charge in [-0.05, 0) is 31.2 Å². The second-order valence-electron chi connectivity index (χ2n) is 5.85. The lowest BCUT2D eigenvalue weighted by molar-refractivity contribution is -0.118. The van der Waals surface area contributed by atoms with E-state index in [0.717, 1.165) is 36.4 Å². The van der Waals surface area contributed by atoms with Crippen LogP contribution in [0.2, 0.25) is 0 Å². The molecule has 1 aromatic carbocycles. The van der Waals surface area contributed by atoms with Gasteiger partial charge in [0.15, 0.2) is 0 Å². The first-order valence-electron chi connectivity index (χ1n) is 7.94. The molecule has 1 aliphatic heterocycles. The molecule has 1 N–H and O–H groups in total. The Morgan fingerprint density at radius 3 is 2.50 bits per heavy atom. The van der Waals surface area contributed by atoms with Gasteiger partial charge in [-0.3, -0.25) is 14.6 Å². The van der Waals surface area contributed by atoms with Crippen LogP contribution in [0.1, 0.15) is 16.1 Å². The number of nitrogens with zero attached hydrogens (tertiary/aromatic N) is 3. The first-order valence-corrected chi connectivity index (χ1v) is 7.94. The molecule has 124 valence electrons. The third kappa shape index (κ3) is 3.71. The van der Waals surface area contributed by atoms with Crippen LogP contribution < -0.4 is 10.2 Å². The van der Waals surface area contributed by atoms with E-state index in [2.05, 4.69) is 15.2 Å². The van der Waals surface area contributed by atoms with Crippen LogP contribution in [0.5, 0.6) is 0 Å². The molecular weight excluding hydrogens is 304 g/mol. The zero-order valence-corrected chi connectivity index (χ0v) is 13.6. The highest BCUT2D eigenvalue weighted by atomic mass is 16.2. The largest absolute Gasteiger partial charge is 0.368 e. The summed E-state index contributed by atoms with van der Waals surface area (Å²) in [6.07, 6.45) is 2.52. The fourth-order valence-electron chi connectivity index (χ4n) is 2.66. The third-order valence-corrected chi connectivity index (χ3v) is 4.11. The number of hydrogen-bond donors (Lipinski definition) is 1. The first kappa shape index (κ1) is 16.0. The van der Waals surface area contributed by atoms with E-state index in [1.54, 1.807) is 17.2 Å². The Balaban J connectivity index is 1.69. The minimum atomic E-state index is -0.229. The van der Waals surface area contributed by atoms with Gasteiger partial charge in [-0.2, -0.15) is 0 Å². The summed E-state index contributed by atoms with van der Waals surface area (Å²) in [6.45, 7) is 4.89. The molecule has 0 saturated carbocycles. The summed E-state index contributed by atoms with van der Waals surface area (Å²) in [6, 6.07) is 11.3. The highest BCUT2D eigenvalue weighted by Crippen LogP contribution is 2.17. The van der Waals surface area contributed by atoms with Gasteiger partial charge in [0.1, 0.15) is 5.69 Å². The van der Waals surface area contributed by atoms with Crippen molar-refractivity contribution in [1.82, 2.24) is 9.88 Å². The van der Waals surface area contributed by atoms with E-state index in [9.17, 15) is 9.59 Å². The minimum Gasteiger partial charge on any atom is -0.368 e. The van der Waals surface area contributed by atoms with E-state index in [1.165, 1.54) is 0 Å². The Morgan fingerprint density at radius 1 is 1.12 bits per heavy atom. The molecule has 6 heteroatoms. The molecule has 6 nitrogen and oxygen atoms in total. The van der Waals surface area contributed by atoms with E-state index < -0.39 is 0 Å². The molecule has 24 heavy (non-hydrogen) atoms. The van der Waals surface area contributed by atoms with Gasteiger partial charge >= 0.3 is 0 Å². The molecule has 1 aliphatic rings. The van der Waals surface area contributed by atoms with Crippen LogP contribution in [0.25, 0.3) is 0 Å². The third-order valence-electron chi connectivity index (χ3n) is 4.11. The van der Waals surface area contributed by atoms with E-state index >= 15 is 0 Å². The van der Waals surface area contributed by atoms with Crippen LogP contribution in [0.3, 0.4) is 0 Å². The number of carbonyl (C=O) groups excluding carboxylic acids is 2. The van der Waals surface area contributed by atoms with Crippen molar-refractivity contribution in [3.05, 3.63) is 53.9 Å². The summed E-state index contributed by atoms with van der Waals surface area (Å²) in [5, 5.41) is 2.86. The monoisotopic (exact) mass is 324 g/mol. The number of amides is 2. The Kier molecular flexibility index (Phi) is 4.74. The van der Waals surface area contributed by atoms with Gasteiger partial charge < -0.3 is 15.1 Å². The van der Waals surface area contributed by atoms with Crippen LogP contribution in [0.4, 0.5) is 11.4 Å². The number of hydrogen-bond acceptors (Lipinski definition) is 4. The van der Waals surface area contributed by atoms with Crippen LogP contribution in [-0.4, -0.2) is 48.4 Å². The van der Waals surface area contributed by atoms with E-state index in [0.29, 0.717) is 18.8 Å². The summed E-state index contributed by atoms with van der Waals surface area (Å²) < 4.78 is 0. The lowest BCUT2D eigenvalue weighted by Gasteiger charge is -2.34. The molecule has 0 unspecified atom stereocenters. The number of carbonyl (C=O) groups is 2. The van der Waals surface area contributed by atoms with Crippen molar-refractivity contribution in [2.75, 3.05) is 36.4 Å². The predicted molar refractivity (Wildman–Crippen MR) is 93.2 cm³/mol. The van der Waals surface area contributed by atoms with Crippen molar-refractivity contribution in [2.24, 2.45) is 0 Å². The van der Waals surface area contributed by atoms with Crippen molar-refractivity contribution in [3.63, 3.8) is 0 Å². The smallest absolute Gasteiger partial charge is 0.274 e. The second kappa shape index (κ2) is 7.12. The van der Waals surface area contributed by atoms with E-state index in [4.69, 9.17) is 0 Å². The summed E-state index contributed by atoms with van der Waals surface area (Å²) in [5.41, 5.74) is 3.22. The highest BCUT2D eigenvalue weighted by Gasteiger charge is 2.17. The van der Waals surface area contributed by atoms with Crippen molar-refractivity contribution in [2.45, 2.75) is 6.92 Å². The quantitative estimate of drug-likeness (QED) is 0.873. The summed E-state index contributed by atoms with van der Waals surface area (Å²) in [5.74, 6) is -0.229. The SMILES string of the molecule is Cc1ccc(NC(=O)c2cc(N3CCN(C=O)CC3)ccn2)cc1. The Bertz CT molecular complexity index is 722. The molecule has 0 spiro atoms. The number of piperazine rings is 1. The maximum atomic E-state index is 12.4. The van der Waals surface area contributed by atoms with Crippen LogP contribution in [0, 0.1) is 6.92 Å². The zero-order chi connectivity index (χ0) is 16.9. The van der Waals surface area contributed by atoms with Crippen LogP contribution in [0.15, 0.2) is 42.6 Å². The maximum absolute atomic E-state index is 12.4. The molecular formula is C18H20N4O2. The molecule has 3 rings (SSSR count). The Labute approximate surface area is 141 Å². The Hall–Kier alpha value is -2.89. The van der Waals surface area contributed by atoms with Gasteiger partial charge in [0.2, 0.25) is 6.41 Å². The van der Waals surface area contributed by atoms with E-state index in [-0.39, 0.29) is 5.91 Å². The molecule has 1 fully saturated rings. The number of aryl methyl sites for hydroxylation is 1. The number of pyridine rings is 1. The molecule has 0 radical (unpaired) electrons. The predicted octanol–water partition coefficient (Wildman–Crippen LogP) is 1.92. The second-order valence-corrected chi connectivity index (χ2v) is 5.85. The van der Waals surface area contributed by atoms with Gasteiger partial charge in [-0.1, -0.05) is 17.7 Å². The van der Waals surface area contributed by atoms with Gasteiger partial charge in [0.25, 0.3) is 5.91 Å². The molecule has 0 atom stereocenters. The van der Waals surface area contributed by atoms with E-state index in [1.807, 2.05) is 37.3 Å². The standard InChI is InChI=1S/C18H20N4O2/c1-14-2-4-15(5-3-14)20-18(24)17-12-16(6-7-19-17)22-10-8-21(13-23)9-11-22/h2-7,12-13H,8-11H2,1H3,(H,20,24).